The van der Waals surface area contributed by atoms with Crippen molar-refractivity contribution in [3.05, 3.63) is 42.1 Å². The highest BCUT2D eigenvalue weighted by atomic mass is 16.3. The third-order valence-electron chi connectivity index (χ3n) is 2.54. The third-order valence-corrected chi connectivity index (χ3v) is 2.54. The first-order chi connectivity index (χ1) is 7.62. The zero-order valence-corrected chi connectivity index (χ0v) is 9.05. The van der Waals surface area contributed by atoms with Crippen molar-refractivity contribution < 1.29 is 9.90 Å². The predicted molar refractivity (Wildman–Crippen MR) is 62.1 cm³/mol. The van der Waals surface area contributed by atoms with Crippen LogP contribution in [-0.4, -0.2) is 22.0 Å². The molecule has 2 rings (SSSR count). The molecule has 1 N–H and O–H groups in total. The second-order valence-corrected chi connectivity index (χ2v) is 4.14. The summed E-state index contributed by atoms with van der Waals surface area (Å²) < 4.78 is 0. The number of benzene rings is 1. The molecule has 0 saturated carbocycles. The number of hydrogen-bond acceptors (Lipinski definition) is 3. The molecule has 3 nitrogen and oxygen atoms in total. The summed E-state index contributed by atoms with van der Waals surface area (Å²) in [5.74, 6) is 0. The Hall–Kier alpha value is -1.74. The van der Waals surface area contributed by atoms with Gasteiger partial charge in [0.25, 0.3) is 0 Å². The summed E-state index contributed by atoms with van der Waals surface area (Å²) in [4.78, 5) is 14.9. The molecule has 1 unspecified atom stereocenters. The van der Waals surface area contributed by atoms with E-state index in [0.29, 0.717) is 12.7 Å². The maximum absolute atomic E-state index is 10.7. The van der Waals surface area contributed by atoms with Crippen molar-refractivity contribution in [2.75, 3.05) is 0 Å². The van der Waals surface area contributed by atoms with Gasteiger partial charge in [-0.25, -0.2) is 0 Å². The van der Waals surface area contributed by atoms with E-state index in [1.807, 2.05) is 30.3 Å². The molecular formula is C13H13NO2. The average molecular weight is 215 g/mol. The van der Waals surface area contributed by atoms with Crippen molar-refractivity contribution in [3.63, 3.8) is 0 Å². The van der Waals surface area contributed by atoms with E-state index in [9.17, 15) is 9.90 Å². The number of pyridine rings is 1. The van der Waals surface area contributed by atoms with E-state index in [2.05, 4.69) is 4.98 Å². The van der Waals surface area contributed by atoms with Gasteiger partial charge in [0.05, 0.1) is 5.52 Å². The van der Waals surface area contributed by atoms with Crippen molar-refractivity contribution in [3.8, 4) is 0 Å². The quantitative estimate of drug-likeness (QED) is 0.793. The monoisotopic (exact) mass is 215 g/mol. The van der Waals surface area contributed by atoms with Gasteiger partial charge in [0.1, 0.15) is 5.60 Å². The largest absolute Gasteiger partial charge is 0.382 e. The highest BCUT2D eigenvalue weighted by Gasteiger charge is 2.20. The number of hydrogen-bond donors (Lipinski definition) is 1. The van der Waals surface area contributed by atoms with Crippen LogP contribution < -0.4 is 0 Å². The van der Waals surface area contributed by atoms with Crippen LogP contribution in [0.25, 0.3) is 10.9 Å². The van der Waals surface area contributed by atoms with Crippen molar-refractivity contribution in [1.82, 2.24) is 4.98 Å². The smallest absolute Gasteiger partial charge is 0.151 e. The molecule has 0 saturated heterocycles. The minimum Gasteiger partial charge on any atom is -0.382 e. The summed E-state index contributed by atoms with van der Waals surface area (Å²) in [6, 6.07) is 9.52. The van der Waals surface area contributed by atoms with Crippen molar-refractivity contribution in [1.29, 1.82) is 0 Å². The third kappa shape index (κ3) is 2.09. The van der Waals surface area contributed by atoms with Crippen molar-refractivity contribution in [2.24, 2.45) is 0 Å². The van der Waals surface area contributed by atoms with Crippen LogP contribution in [0.15, 0.2) is 36.5 Å². The molecule has 0 fully saturated rings. The van der Waals surface area contributed by atoms with Gasteiger partial charge in [-0.1, -0.05) is 18.2 Å². The fraction of sp³-hybridized carbons (Fsp3) is 0.231. The number of aliphatic hydroxyl groups is 1. The molecule has 1 atom stereocenters. The van der Waals surface area contributed by atoms with Gasteiger partial charge in [-0.15, -0.1) is 0 Å². The second kappa shape index (κ2) is 4.02. The molecule has 0 spiro atoms. The number of carbonyl (C=O) groups is 1. The fourth-order valence-corrected chi connectivity index (χ4v) is 1.74. The Bertz CT molecular complexity index is 515. The summed E-state index contributed by atoms with van der Waals surface area (Å²) in [5.41, 5.74) is 0.494. The number of para-hydroxylation sites is 1. The van der Waals surface area contributed by atoms with Crippen LogP contribution in [0, 0.1) is 0 Å². The molecule has 2 aromatic rings. The zero-order valence-electron chi connectivity index (χ0n) is 9.05. The SMILES string of the molecule is CC(O)(C=O)Cc1ccnc2ccccc12. The van der Waals surface area contributed by atoms with Crippen LogP contribution in [0.5, 0.6) is 0 Å². The molecule has 0 aliphatic carbocycles. The van der Waals surface area contributed by atoms with Crippen LogP contribution in [0.1, 0.15) is 12.5 Å². The first-order valence-corrected chi connectivity index (χ1v) is 5.14. The highest BCUT2D eigenvalue weighted by molar-refractivity contribution is 5.82. The Morgan fingerprint density at radius 3 is 2.88 bits per heavy atom. The van der Waals surface area contributed by atoms with Crippen LogP contribution in [0.2, 0.25) is 0 Å². The molecular weight excluding hydrogens is 202 g/mol. The van der Waals surface area contributed by atoms with Crippen LogP contribution in [0.3, 0.4) is 0 Å². The van der Waals surface area contributed by atoms with Gasteiger partial charge < -0.3 is 9.90 Å². The summed E-state index contributed by atoms with van der Waals surface area (Å²) in [6.45, 7) is 1.51. The first-order valence-electron chi connectivity index (χ1n) is 5.14. The van der Waals surface area contributed by atoms with Gasteiger partial charge >= 0.3 is 0 Å². The van der Waals surface area contributed by atoms with Gasteiger partial charge in [-0.3, -0.25) is 4.98 Å². The molecule has 1 aromatic heterocycles. The number of aldehydes is 1. The molecule has 82 valence electrons. The normalized spacial score (nSPS) is 14.6. The second-order valence-electron chi connectivity index (χ2n) is 4.14. The number of nitrogens with zero attached hydrogens (tertiary/aromatic N) is 1. The minimum atomic E-state index is -1.32. The molecule has 1 aromatic carbocycles. The summed E-state index contributed by atoms with van der Waals surface area (Å²) >= 11 is 0. The van der Waals surface area contributed by atoms with Gasteiger partial charge in [0.2, 0.25) is 0 Å². The van der Waals surface area contributed by atoms with E-state index >= 15 is 0 Å². The molecule has 0 bridgehead atoms. The number of aromatic nitrogens is 1. The van der Waals surface area contributed by atoms with E-state index < -0.39 is 5.60 Å². The van der Waals surface area contributed by atoms with Gasteiger partial charge in [-0.2, -0.15) is 0 Å². The lowest BCUT2D eigenvalue weighted by Gasteiger charge is -2.16. The number of fused-ring (bicyclic) bond motifs is 1. The van der Waals surface area contributed by atoms with Gasteiger partial charge in [0.15, 0.2) is 6.29 Å². The molecule has 0 aliphatic heterocycles. The maximum atomic E-state index is 10.7. The van der Waals surface area contributed by atoms with E-state index in [4.69, 9.17) is 0 Å². The average Bonchev–Trinajstić information content (AvgIpc) is 2.29. The van der Waals surface area contributed by atoms with Crippen LogP contribution in [-0.2, 0) is 11.2 Å². The standard InChI is InChI=1S/C13H13NO2/c1-13(16,9-15)8-10-6-7-14-12-5-3-2-4-11(10)12/h2-7,9,16H,8H2,1H3. The molecule has 3 heteroatoms. The first kappa shape index (κ1) is 10.8. The van der Waals surface area contributed by atoms with Crippen LogP contribution >= 0.6 is 0 Å². The Balaban J connectivity index is 2.49. The lowest BCUT2D eigenvalue weighted by Crippen LogP contribution is -2.28. The maximum Gasteiger partial charge on any atom is 0.151 e. The number of rotatable bonds is 3. The Morgan fingerprint density at radius 2 is 2.12 bits per heavy atom. The lowest BCUT2D eigenvalue weighted by molar-refractivity contribution is -0.122. The lowest BCUT2D eigenvalue weighted by atomic mass is 9.96. The van der Waals surface area contributed by atoms with Gasteiger partial charge in [-0.05, 0) is 24.6 Å². The van der Waals surface area contributed by atoms with E-state index in [1.165, 1.54) is 6.92 Å². The molecule has 0 radical (unpaired) electrons. The molecule has 1 heterocycles. The Morgan fingerprint density at radius 1 is 1.38 bits per heavy atom. The van der Waals surface area contributed by atoms with E-state index in [1.54, 1.807) is 6.20 Å². The van der Waals surface area contributed by atoms with E-state index in [-0.39, 0.29) is 0 Å². The van der Waals surface area contributed by atoms with Crippen molar-refractivity contribution >= 4 is 17.2 Å². The predicted octanol–water partition coefficient (Wildman–Crippen LogP) is 1.73. The number of carbonyl (C=O) groups excluding carboxylic acids is 1. The summed E-state index contributed by atoms with van der Waals surface area (Å²) in [5, 5.41) is 10.7. The van der Waals surface area contributed by atoms with E-state index in [0.717, 1.165) is 16.5 Å². The molecule has 0 amide bonds. The minimum absolute atomic E-state index is 0.305. The Kier molecular flexibility index (Phi) is 2.71. The zero-order chi connectivity index (χ0) is 11.6. The topological polar surface area (TPSA) is 50.2 Å². The molecule has 0 aliphatic rings. The van der Waals surface area contributed by atoms with Crippen molar-refractivity contribution in [2.45, 2.75) is 18.9 Å². The fourth-order valence-electron chi connectivity index (χ4n) is 1.74. The summed E-state index contributed by atoms with van der Waals surface area (Å²) in [6.07, 6.45) is 2.57. The molecule has 16 heavy (non-hydrogen) atoms. The highest BCUT2D eigenvalue weighted by Crippen LogP contribution is 2.20. The van der Waals surface area contributed by atoms with Gasteiger partial charge in [0, 0.05) is 18.0 Å². The van der Waals surface area contributed by atoms with Crippen LogP contribution in [0.4, 0.5) is 0 Å². The Labute approximate surface area is 93.7 Å². The summed E-state index contributed by atoms with van der Waals surface area (Å²) in [7, 11) is 0.